The highest BCUT2D eigenvalue weighted by molar-refractivity contribution is 6.30. The van der Waals surface area contributed by atoms with Crippen LogP contribution in [0.1, 0.15) is 17.9 Å². The van der Waals surface area contributed by atoms with Crippen LogP contribution in [0.2, 0.25) is 5.02 Å². The van der Waals surface area contributed by atoms with Crippen molar-refractivity contribution in [2.45, 2.75) is 12.3 Å². The highest BCUT2D eigenvalue weighted by Crippen LogP contribution is 2.23. The van der Waals surface area contributed by atoms with Crippen LogP contribution in [-0.4, -0.2) is 19.2 Å². The first-order valence-electron chi connectivity index (χ1n) is 7.26. The van der Waals surface area contributed by atoms with Crippen LogP contribution in [0.5, 0.6) is 5.75 Å². The van der Waals surface area contributed by atoms with Gasteiger partial charge in [-0.15, -0.1) is 0 Å². The van der Waals surface area contributed by atoms with Crippen LogP contribution < -0.4 is 15.4 Å². The monoisotopic (exact) mass is 316 g/mol. The van der Waals surface area contributed by atoms with E-state index in [1.54, 1.807) is 24.3 Å². The first-order chi connectivity index (χ1) is 10.7. The molecule has 0 aliphatic carbocycles. The number of carbonyl (C=O) groups is 1. The Morgan fingerprint density at radius 2 is 1.86 bits per heavy atom. The molecule has 22 heavy (non-hydrogen) atoms. The number of hydrogen-bond acceptors (Lipinski definition) is 3. The van der Waals surface area contributed by atoms with Crippen molar-refractivity contribution in [1.29, 1.82) is 0 Å². The van der Waals surface area contributed by atoms with Gasteiger partial charge in [0.15, 0.2) is 0 Å². The van der Waals surface area contributed by atoms with E-state index < -0.39 is 6.09 Å². The van der Waals surface area contributed by atoms with E-state index in [1.165, 1.54) is 5.56 Å². The molecule has 1 saturated heterocycles. The van der Waals surface area contributed by atoms with E-state index >= 15 is 0 Å². The van der Waals surface area contributed by atoms with E-state index in [0.29, 0.717) is 22.4 Å². The molecule has 0 unspecified atom stereocenters. The van der Waals surface area contributed by atoms with Gasteiger partial charge >= 0.3 is 6.09 Å². The second-order valence-corrected chi connectivity index (χ2v) is 5.72. The molecule has 114 valence electrons. The standard InChI is InChI=1S/C17H17ClN2O2/c18-14-3-7-16(8-4-14)22-17(21)20-15-5-1-12(2-6-15)13-9-10-19-11-13/h1-8,13,19H,9-11H2,(H,20,21)/t13-/m0/s1. The molecule has 2 N–H and O–H groups in total. The largest absolute Gasteiger partial charge is 0.417 e. The summed E-state index contributed by atoms with van der Waals surface area (Å²) in [5.74, 6) is 1.02. The molecule has 1 heterocycles. The van der Waals surface area contributed by atoms with E-state index in [2.05, 4.69) is 22.8 Å². The molecule has 0 aromatic heterocycles. The van der Waals surface area contributed by atoms with Crippen molar-refractivity contribution < 1.29 is 9.53 Å². The molecule has 3 rings (SSSR count). The zero-order valence-electron chi connectivity index (χ0n) is 12.0. The molecule has 1 amide bonds. The first-order valence-corrected chi connectivity index (χ1v) is 7.63. The summed E-state index contributed by atoms with van der Waals surface area (Å²) in [6, 6.07) is 14.6. The maximum absolute atomic E-state index is 11.8. The molecule has 0 saturated carbocycles. The summed E-state index contributed by atoms with van der Waals surface area (Å²) in [5, 5.41) is 6.66. The minimum absolute atomic E-state index is 0.454. The zero-order valence-corrected chi connectivity index (χ0v) is 12.8. The fourth-order valence-corrected chi connectivity index (χ4v) is 2.66. The third kappa shape index (κ3) is 3.78. The minimum Gasteiger partial charge on any atom is -0.410 e. The molecular formula is C17H17ClN2O2. The summed E-state index contributed by atoms with van der Waals surface area (Å²) in [4.78, 5) is 11.8. The lowest BCUT2D eigenvalue weighted by Gasteiger charge is -2.10. The van der Waals surface area contributed by atoms with Gasteiger partial charge in [-0.2, -0.15) is 0 Å². The Hall–Kier alpha value is -2.04. The number of ether oxygens (including phenoxy) is 1. The topological polar surface area (TPSA) is 50.4 Å². The molecular weight excluding hydrogens is 300 g/mol. The van der Waals surface area contributed by atoms with Gasteiger partial charge in [-0.05, 0) is 60.8 Å². The van der Waals surface area contributed by atoms with Gasteiger partial charge in [0.2, 0.25) is 0 Å². The van der Waals surface area contributed by atoms with E-state index in [4.69, 9.17) is 16.3 Å². The van der Waals surface area contributed by atoms with E-state index in [-0.39, 0.29) is 0 Å². The van der Waals surface area contributed by atoms with Crippen molar-refractivity contribution in [3.63, 3.8) is 0 Å². The number of hydrogen-bond donors (Lipinski definition) is 2. The Bertz CT molecular complexity index is 635. The Labute approximate surface area is 134 Å². The van der Waals surface area contributed by atoms with Crippen LogP contribution in [0, 0.1) is 0 Å². The molecule has 1 aliphatic heterocycles. The van der Waals surface area contributed by atoms with Crippen LogP contribution in [-0.2, 0) is 0 Å². The predicted octanol–water partition coefficient (Wildman–Crippen LogP) is 4.03. The summed E-state index contributed by atoms with van der Waals surface area (Å²) >= 11 is 5.79. The average Bonchev–Trinajstić information content (AvgIpc) is 3.05. The first kappa shape index (κ1) is 14.9. The number of amides is 1. The molecule has 0 bridgehead atoms. The van der Waals surface area contributed by atoms with E-state index in [0.717, 1.165) is 19.5 Å². The van der Waals surface area contributed by atoms with Gasteiger partial charge in [0, 0.05) is 17.3 Å². The summed E-state index contributed by atoms with van der Waals surface area (Å²) < 4.78 is 5.18. The summed E-state index contributed by atoms with van der Waals surface area (Å²) in [6.45, 7) is 2.09. The molecule has 1 atom stereocenters. The average molecular weight is 317 g/mol. The van der Waals surface area contributed by atoms with Gasteiger partial charge in [-0.25, -0.2) is 4.79 Å². The van der Waals surface area contributed by atoms with Crippen molar-refractivity contribution in [2.24, 2.45) is 0 Å². The van der Waals surface area contributed by atoms with E-state index in [1.807, 2.05) is 12.1 Å². The number of carbonyl (C=O) groups excluding carboxylic acids is 1. The third-order valence-electron chi connectivity index (χ3n) is 3.71. The summed E-state index contributed by atoms with van der Waals surface area (Å²) in [7, 11) is 0. The number of halogens is 1. The lowest BCUT2D eigenvalue weighted by atomic mass is 9.98. The van der Waals surface area contributed by atoms with Crippen molar-refractivity contribution >= 4 is 23.4 Å². The van der Waals surface area contributed by atoms with Gasteiger partial charge in [0.1, 0.15) is 5.75 Å². The minimum atomic E-state index is -0.516. The van der Waals surface area contributed by atoms with Gasteiger partial charge < -0.3 is 10.1 Å². The van der Waals surface area contributed by atoms with Gasteiger partial charge in [0.25, 0.3) is 0 Å². The number of nitrogens with one attached hydrogen (secondary N) is 2. The van der Waals surface area contributed by atoms with Gasteiger partial charge in [-0.3, -0.25) is 5.32 Å². The van der Waals surface area contributed by atoms with Crippen LogP contribution in [0.25, 0.3) is 0 Å². The van der Waals surface area contributed by atoms with E-state index in [9.17, 15) is 4.79 Å². The molecule has 4 nitrogen and oxygen atoms in total. The normalized spacial score (nSPS) is 17.2. The highest BCUT2D eigenvalue weighted by atomic mass is 35.5. The fourth-order valence-electron chi connectivity index (χ4n) is 2.53. The summed E-state index contributed by atoms with van der Waals surface area (Å²) in [5.41, 5.74) is 2.01. The summed E-state index contributed by atoms with van der Waals surface area (Å²) in [6.07, 6.45) is 0.642. The Morgan fingerprint density at radius 3 is 2.50 bits per heavy atom. The number of rotatable bonds is 3. The predicted molar refractivity (Wildman–Crippen MR) is 87.8 cm³/mol. The van der Waals surface area contributed by atoms with Gasteiger partial charge in [0.05, 0.1) is 0 Å². The smallest absolute Gasteiger partial charge is 0.410 e. The molecule has 2 aromatic rings. The number of benzene rings is 2. The van der Waals surface area contributed by atoms with Gasteiger partial charge in [-0.1, -0.05) is 23.7 Å². The maximum Gasteiger partial charge on any atom is 0.417 e. The molecule has 5 heteroatoms. The lowest BCUT2D eigenvalue weighted by molar-refractivity contribution is 0.215. The molecule has 0 spiro atoms. The second kappa shape index (κ2) is 6.81. The molecule has 0 radical (unpaired) electrons. The number of anilines is 1. The quantitative estimate of drug-likeness (QED) is 0.899. The zero-order chi connectivity index (χ0) is 15.4. The highest BCUT2D eigenvalue weighted by Gasteiger charge is 2.16. The molecule has 2 aromatic carbocycles. The van der Waals surface area contributed by atoms with Crippen molar-refractivity contribution in [3.8, 4) is 5.75 Å². The SMILES string of the molecule is O=C(Nc1ccc([C@H]2CCNC2)cc1)Oc1ccc(Cl)cc1. The Kier molecular flexibility index (Phi) is 4.61. The maximum atomic E-state index is 11.8. The van der Waals surface area contributed by atoms with Crippen molar-refractivity contribution in [3.05, 3.63) is 59.1 Å². The van der Waals surface area contributed by atoms with Crippen LogP contribution >= 0.6 is 11.6 Å². The lowest BCUT2D eigenvalue weighted by Crippen LogP contribution is -2.16. The van der Waals surface area contributed by atoms with Crippen molar-refractivity contribution in [2.75, 3.05) is 18.4 Å². The molecule has 1 fully saturated rings. The van der Waals surface area contributed by atoms with Crippen LogP contribution in [0.4, 0.5) is 10.5 Å². The Balaban J connectivity index is 1.57. The fraction of sp³-hybridized carbons (Fsp3) is 0.235. The van der Waals surface area contributed by atoms with Crippen LogP contribution in [0.15, 0.2) is 48.5 Å². The molecule has 1 aliphatic rings. The van der Waals surface area contributed by atoms with Crippen LogP contribution in [0.3, 0.4) is 0 Å². The second-order valence-electron chi connectivity index (χ2n) is 5.28. The third-order valence-corrected chi connectivity index (χ3v) is 3.96. The van der Waals surface area contributed by atoms with Crippen molar-refractivity contribution in [1.82, 2.24) is 5.32 Å². The Morgan fingerprint density at radius 1 is 1.14 bits per heavy atom.